The van der Waals surface area contributed by atoms with Gasteiger partial charge in [-0.15, -0.1) is 0 Å². The molecule has 3 atom stereocenters. The van der Waals surface area contributed by atoms with E-state index in [4.69, 9.17) is 4.74 Å². The number of carbonyl (C=O) groups excluding carboxylic acids is 1. The molecule has 20 heavy (non-hydrogen) atoms. The lowest BCUT2D eigenvalue weighted by Crippen LogP contribution is -2.53. The molecule has 3 aliphatic heterocycles. The Bertz CT molecular complexity index is 329. The standard InChI is InChI=1S/C16H28N2O2/c1-2-8-18(16(19)15-5-3-4-9-20-15)14-10-12-6-7-13(11-14)17-12/h12-15,17H,2-11H2,1H3. The van der Waals surface area contributed by atoms with E-state index in [9.17, 15) is 4.79 Å². The normalized spacial score (nSPS) is 36.9. The number of rotatable bonds is 4. The fraction of sp³-hybridized carbons (Fsp3) is 0.938. The molecule has 114 valence electrons. The van der Waals surface area contributed by atoms with Crippen LogP contribution in [0.15, 0.2) is 0 Å². The van der Waals surface area contributed by atoms with Gasteiger partial charge in [-0.1, -0.05) is 6.92 Å². The summed E-state index contributed by atoms with van der Waals surface area (Å²) < 4.78 is 5.72. The summed E-state index contributed by atoms with van der Waals surface area (Å²) in [7, 11) is 0. The highest BCUT2D eigenvalue weighted by Crippen LogP contribution is 2.31. The molecule has 3 heterocycles. The third kappa shape index (κ3) is 3.01. The van der Waals surface area contributed by atoms with Gasteiger partial charge in [0.15, 0.2) is 0 Å². The second-order valence-corrected chi connectivity index (χ2v) is 6.65. The molecule has 0 radical (unpaired) electrons. The van der Waals surface area contributed by atoms with Gasteiger partial charge in [0.2, 0.25) is 0 Å². The average molecular weight is 280 g/mol. The number of hydrogen-bond acceptors (Lipinski definition) is 3. The van der Waals surface area contributed by atoms with Gasteiger partial charge in [-0.2, -0.15) is 0 Å². The molecule has 0 spiro atoms. The molecule has 3 rings (SSSR count). The van der Waals surface area contributed by atoms with Gasteiger partial charge in [-0.3, -0.25) is 4.79 Å². The van der Waals surface area contributed by atoms with Gasteiger partial charge in [-0.25, -0.2) is 0 Å². The minimum atomic E-state index is -0.164. The van der Waals surface area contributed by atoms with Crippen molar-refractivity contribution in [3.8, 4) is 0 Å². The Morgan fingerprint density at radius 1 is 1.20 bits per heavy atom. The van der Waals surface area contributed by atoms with Gasteiger partial charge in [0.25, 0.3) is 5.91 Å². The van der Waals surface area contributed by atoms with Crippen molar-refractivity contribution in [3.63, 3.8) is 0 Å². The van der Waals surface area contributed by atoms with Crippen LogP contribution in [0.4, 0.5) is 0 Å². The summed E-state index contributed by atoms with van der Waals surface area (Å²) in [4.78, 5) is 15.0. The number of fused-ring (bicyclic) bond motifs is 2. The van der Waals surface area contributed by atoms with Crippen LogP contribution in [0.2, 0.25) is 0 Å². The maximum atomic E-state index is 12.8. The molecule has 3 aliphatic rings. The molecule has 0 aromatic heterocycles. The lowest BCUT2D eigenvalue weighted by molar-refractivity contribution is -0.149. The Balaban J connectivity index is 1.66. The van der Waals surface area contributed by atoms with Crippen LogP contribution < -0.4 is 5.32 Å². The Labute approximate surface area is 122 Å². The van der Waals surface area contributed by atoms with Crippen LogP contribution in [0.25, 0.3) is 0 Å². The lowest BCUT2D eigenvalue weighted by atomic mass is 9.96. The highest BCUT2D eigenvalue weighted by Gasteiger charge is 2.39. The number of piperidine rings is 1. The van der Waals surface area contributed by atoms with Crippen molar-refractivity contribution >= 4 is 5.91 Å². The van der Waals surface area contributed by atoms with Gasteiger partial charge in [0.1, 0.15) is 6.10 Å². The van der Waals surface area contributed by atoms with Crippen molar-refractivity contribution in [2.45, 2.75) is 82.5 Å². The van der Waals surface area contributed by atoms with Crippen molar-refractivity contribution in [1.29, 1.82) is 0 Å². The number of hydrogen-bond donors (Lipinski definition) is 1. The van der Waals surface area contributed by atoms with E-state index in [1.807, 2.05) is 0 Å². The van der Waals surface area contributed by atoms with E-state index in [-0.39, 0.29) is 12.0 Å². The maximum absolute atomic E-state index is 12.8. The van der Waals surface area contributed by atoms with Crippen molar-refractivity contribution in [3.05, 3.63) is 0 Å². The highest BCUT2D eigenvalue weighted by molar-refractivity contribution is 5.81. The first-order valence-electron chi connectivity index (χ1n) is 8.46. The van der Waals surface area contributed by atoms with Crippen LogP contribution in [0, 0.1) is 0 Å². The summed E-state index contributed by atoms with van der Waals surface area (Å²) in [6, 6.07) is 1.71. The molecule has 4 nitrogen and oxygen atoms in total. The van der Waals surface area contributed by atoms with E-state index in [0.717, 1.165) is 51.7 Å². The Morgan fingerprint density at radius 2 is 1.95 bits per heavy atom. The van der Waals surface area contributed by atoms with Crippen molar-refractivity contribution < 1.29 is 9.53 Å². The second kappa shape index (κ2) is 6.44. The molecule has 3 fully saturated rings. The second-order valence-electron chi connectivity index (χ2n) is 6.65. The number of nitrogens with zero attached hydrogens (tertiary/aromatic N) is 1. The largest absolute Gasteiger partial charge is 0.368 e. The van der Waals surface area contributed by atoms with Gasteiger partial charge in [0.05, 0.1) is 0 Å². The lowest BCUT2D eigenvalue weighted by Gasteiger charge is -2.39. The van der Waals surface area contributed by atoms with Gasteiger partial charge in [-0.05, 0) is 51.4 Å². The molecule has 0 saturated carbocycles. The first kappa shape index (κ1) is 14.3. The van der Waals surface area contributed by atoms with E-state index in [2.05, 4.69) is 17.1 Å². The fourth-order valence-corrected chi connectivity index (χ4v) is 4.12. The quantitative estimate of drug-likeness (QED) is 0.857. The van der Waals surface area contributed by atoms with E-state index < -0.39 is 0 Å². The van der Waals surface area contributed by atoms with Crippen LogP contribution >= 0.6 is 0 Å². The highest BCUT2D eigenvalue weighted by atomic mass is 16.5. The van der Waals surface area contributed by atoms with Crippen LogP contribution in [0.5, 0.6) is 0 Å². The van der Waals surface area contributed by atoms with Gasteiger partial charge in [0, 0.05) is 31.3 Å². The molecule has 0 aromatic rings. The zero-order chi connectivity index (χ0) is 13.9. The van der Waals surface area contributed by atoms with Crippen molar-refractivity contribution in [2.75, 3.05) is 13.2 Å². The number of amides is 1. The number of ether oxygens (including phenoxy) is 1. The summed E-state index contributed by atoms with van der Waals surface area (Å²) >= 11 is 0. The number of carbonyl (C=O) groups is 1. The van der Waals surface area contributed by atoms with E-state index >= 15 is 0 Å². The third-order valence-corrected chi connectivity index (χ3v) is 5.09. The number of nitrogens with one attached hydrogen (secondary N) is 1. The minimum absolute atomic E-state index is 0.164. The van der Waals surface area contributed by atoms with Gasteiger partial charge < -0.3 is 15.0 Å². The molecule has 4 heteroatoms. The molecule has 3 saturated heterocycles. The third-order valence-electron chi connectivity index (χ3n) is 5.09. The summed E-state index contributed by atoms with van der Waals surface area (Å²) in [5.74, 6) is 0.262. The molecule has 2 bridgehead atoms. The fourth-order valence-electron chi connectivity index (χ4n) is 4.12. The molecular weight excluding hydrogens is 252 g/mol. The van der Waals surface area contributed by atoms with E-state index in [0.29, 0.717) is 18.1 Å². The zero-order valence-electron chi connectivity index (χ0n) is 12.6. The van der Waals surface area contributed by atoms with Crippen LogP contribution in [-0.2, 0) is 9.53 Å². The summed E-state index contributed by atoms with van der Waals surface area (Å²) in [5, 5.41) is 3.67. The maximum Gasteiger partial charge on any atom is 0.251 e. The molecular formula is C16H28N2O2. The van der Waals surface area contributed by atoms with Crippen molar-refractivity contribution in [2.24, 2.45) is 0 Å². The first-order chi connectivity index (χ1) is 9.78. The van der Waals surface area contributed by atoms with Crippen LogP contribution in [-0.4, -0.2) is 48.2 Å². The van der Waals surface area contributed by atoms with Crippen LogP contribution in [0.1, 0.15) is 58.3 Å². The van der Waals surface area contributed by atoms with Crippen molar-refractivity contribution in [1.82, 2.24) is 10.2 Å². The topological polar surface area (TPSA) is 41.6 Å². The minimum Gasteiger partial charge on any atom is -0.368 e. The first-order valence-corrected chi connectivity index (χ1v) is 8.46. The SMILES string of the molecule is CCCN(C(=O)C1CCCCO1)C1CC2CCC(C1)N2. The Morgan fingerprint density at radius 3 is 2.55 bits per heavy atom. The summed E-state index contributed by atoms with van der Waals surface area (Å²) in [6.07, 6.45) is 8.87. The zero-order valence-corrected chi connectivity index (χ0v) is 12.6. The van der Waals surface area contributed by atoms with Crippen LogP contribution in [0.3, 0.4) is 0 Å². The monoisotopic (exact) mass is 280 g/mol. The predicted octanol–water partition coefficient (Wildman–Crippen LogP) is 2.08. The molecule has 3 unspecified atom stereocenters. The molecule has 0 aromatic carbocycles. The smallest absolute Gasteiger partial charge is 0.251 e. The molecule has 1 amide bonds. The van der Waals surface area contributed by atoms with Gasteiger partial charge >= 0.3 is 0 Å². The Kier molecular flexibility index (Phi) is 4.61. The Hall–Kier alpha value is -0.610. The average Bonchev–Trinajstić information content (AvgIpc) is 2.83. The van der Waals surface area contributed by atoms with E-state index in [1.165, 1.54) is 12.8 Å². The summed E-state index contributed by atoms with van der Waals surface area (Å²) in [6.45, 7) is 3.81. The van der Waals surface area contributed by atoms with E-state index in [1.54, 1.807) is 0 Å². The predicted molar refractivity (Wildman–Crippen MR) is 78.6 cm³/mol. The summed E-state index contributed by atoms with van der Waals surface area (Å²) in [5.41, 5.74) is 0. The molecule has 0 aliphatic carbocycles. The molecule has 1 N–H and O–H groups in total.